The highest BCUT2D eigenvalue weighted by Gasteiger charge is 2.28. The Kier molecular flexibility index (Phi) is 8.46. The van der Waals surface area contributed by atoms with E-state index in [-0.39, 0.29) is 28.1 Å². The van der Waals surface area contributed by atoms with Crippen LogP contribution in [0, 0.1) is 13.8 Å². The maximum atomic E-state index is 13.6. The number of para-hydroxylation sites is 1. The van der Waals surface area contributed by atoms with Gasteiger partial charge in [-0.3, -0.25) is 13.9 Å². The summed E-state index contributed by atoms with van der Waals surface area (Å²) in [4.78, 5) is 26.5. The van der Waals surface area contributed by atoms with Crippen LogP contribution in [-0.2, 0) is 14.8 Å². The predicted octanol–water partition coefficient (Wildman–Crippen LogP) is 5.63. The van der Waals surface area contributed by atoms with E-state index in [0.717, 1.165) is 21.0 Å². The number of carbonyl (C=O) groups excluding carboxylic acids is 2. The van der Waals surface area contributed by atoms with Crippen molar-refractivity contribution in [2.75, 3.05) is 16.2 Å². The van der Waals surface area contributed by atoms with Crippen LogP contribution in [0.2, 0.25) is 0 Å². The van der Waals surface area contributed by atoms with Crippen molar-refractivity contribution in [1.82, 2.24) is 5.32 Å². The van der Waals surface area contributed by atoms with Gasteiger partial charge in [-0.15, -0.1) is 0 Å². The number of rotatable bonds is 9. The van der Waals surface area contributed by atoms with E-state index in [2.05, 4.69) is 10.6 Å². The molecule has 2 amide bonds. The first kappa shape index (κ1) is 27.6. The summed E-state index contributed by atoms with van der Waals surface area (Å²) in [6.45, 7) is 5.22. The topological polar surface area (TPSA) is 95.6 Å². The number of nitrogens with zero attached hydrogens (tertiary/aromatic N) is 1. The van der Waals surface area contributed by atoms with E-state index < -0.39 is 22.5 Å². The molecular formula is C31H31N3O4S. The van der Waals surface area contributed by atoms with Crippen molar-refractivity contribution in [3.8, 4) is 0 Å². The Morgan fingerprint density at radius 3 is 2.08 bits per heavy atom. The van der Waals surface area contributed by atoms with Gasteiger partial charge in [0.15, 0.2) is 0 Å². The molecule has 0 spiro atoms. The Labute approximate surface area is 229 Å². The Morgan fingerprint density at radius 2 is 1.41 bits per heavy atom. The van der Waals surface area contributed by atoms with Gasteiger partial charge in [0.25, 0.3) is 15.9 Å². The first-order chi connectivity index (χ1) is 18.7. The summed E-state index contributed by atoms with van der Waals surface area (Å²) in [6.07, 6.45) is 0. The van der Waals surface area contributed by atoms with E-state index >= 15 is 0 Å². The van der Waals surface area contributed by atoms with Gasteiger partial charge >= 0.3 is 0 Å². The van der Waals surface area contributed by atoms with Crippen LogP contribution in [0.1, 0.15) is 40.0 Å². The third-order valence-electron chi connectivity index (χ3n) is 6.49. The molecule has 0 aliphatic carbocycles. The molecular weight excluding hydrogens is 510 g/mol. The molecule has 4 rings (SSSR count). The average molecular weight is 542 g/mol. The minimum absolute atomic E-state index is 0.0747. The van der Waals surface area contributed by atoms with Gasteiger partial charge in [-0.2, -0.15) is 0 Å². The van der Waals surface area contributed by atoms with Crippen LogP contribution in [0.4, 0.5) is 11.4 Å². The molecule has 4 aromatic rings. The molecule has 0 fully saturated rings. The smallest absolute Gasteiger partial charge is 0.264 e. The molecule has 0 saturated heterocycles. The fraction of sp³-hybridized carbons (Fsp3) is 0.161. The first-order valence-electron chi connectivity index (χ1n) is 12.6. The third-order valence-corrected chi connectivity index (χ3v) is 8.28. The minimum atomic E-state index is -4.05. The molecule has 1 atom stereocenters. The maximum Gasteiger partial charge on any atom is 0.264 e. The summed E-state index contributed by atoms with van der Waals surface area (Å²) < 4.78 is 28.3. The van der Waals surface area contributed by atoms with Gasteiger partial charge in [0.2, 0.25) is 5.91 Å². The largest absolute Gasteiger partial charge is 0.345 e. The van der Waals surface area contributed by atoms with Gasteiger partial charge in [-0.1, -0.05) is 66.7 Å². The molecule has 0 saturated carbocycles. The van der Waals surface area contributed by atoms with Crippen molar-refractivity contribution in [3.05, 3.63) is 125 Å². The lowest BCUT2D eigenvalue weighted by Gasteiger charge is -2.25. The maximum absolute atomic E-state index is 13.6. The lowest BCUT2D eigenvalue weighted by molar-refractivity contribution is -0.114. The monoisotopic (exact) mass is 541 g/mol. The number of carbonyl (C=O) groups is 2. The molecule has 7 nitrogen and oxygen atoms in total. The second kappa shape index (κ2) is 12.0. The molecule has 2 N–H and O–H groups in total. The van der Waals surface area contributed by atoms with Gasteiger partial charge in [0.1, 0.15) is 6.54 Å². The molecule has 8 heteroatoms. The van der Waals surface area contributed by atoms with Gasteiger partial charge in [0, 0.05) is 0 Å². The molecule has 0 aromatic heterocycles. The molecule has 0 aliphatic rings. The molecule has 39 heavy (non-hydrogen) atoms. The van der Waals surface area contributed by atoms with E-state index in [1.807, 2.05) is 57.2 Å². The number of sulfonamides is 1. The van der Waals surface area contributed by atoms with Crippen LogP contribution in [0.5, 0.6) is 0 Å². The molecule has 0 aliphatic heterocycles. The Balaban J connectivity index is 1.59. The summed E-state index contributed by atoms with van der Waals surface area (Å²) in [5, 5.41) is 5.70. The van der Waals surface area contributed by atoms with Gasteiger partial charge in [-0.25, -0.2) is 8.42 Å². The molecule has 0 unspecified atom stereocenters. The van der Waals surface area contributed by atoms with E-state index in [0.29, 0.717) is 5.69 Å². The van der Waals surface area contributed by atoms with Crippen molar-refractivity contribution in [1.29, 1.82) is 0 Å². The molecule has 200 valence electrons. The van der Waals surface area contributed by atoms with Crippen LogP contribution >= 0.6 is 0 Å². The van der Waals surface area contributed by atoms with E-state index in [1.54, 1.807) is 54.6 Å². The molecule has 4 aromatic carbocycles. The van der Waals surface area contributed by atoms with Crippen molar-refractivity contribution in [2.45, 2.75) is 31.7 Å². The SMILES string of the molecule is Cc1ccc(N(CC(=O)Nc2ccccc2C(=O)N[C@@H](C)c2ccccc2)S(=O)(=O)c2ccccc2)cc1C. The Morgan fingerprint density at radius 1 is 0.795 bits per heavy atom. The molecule has 0 bridgehead atoms. The zero-order chi connectivity index (χ0) is 28.0. The zero-order valence-electron chi connectivity index (χ0n) is 22.1. The van der Waals surface area contributed by atoms with Crippen molar-refractivity contribution < 1.29 is 18.0 Å². The highest BCUT2D eigenvalue weighted by atomic mass is 32.2. The highest BCUT2D eigenvalue weighted by Crippen LogP contribution is 2.26. The van der Waals surface area contributed by atoms with Crippen LogP contribution in [0.3, 0.4) is 0 Å². The number of hydrogen-bond donors (Lipinski definition) is 2. The minimum Gasteiger partial charge on any atom is -0.345 e. The van der Waals surface area contributed by atoms with Gasteiger partial charge < -0.3 is 10.6 Å². The highest BCUT2D eigenvalue weighted by molar-refractivity contribution is 7.92. The van der Waals surface area contributed by atoms with Crippen LogP contribution < -0.4 is 14.9 Å². The summed E-state index contributed by atoms with van der Waals surface area (Å²) >= 11 is 0. The summed E-state index contributed by atoms with van der Waals surface area (Å²) in [6, 6.07) is 29.2. The van der Waals surface area contributed by atoms with E-state index in [1.165, 1.54) is 12.1 Å². The summed E-state index contributed by atoms with van der Waals surface area (Å²) in [5.41, 5.74) is 3.79. The lowest BCUT2D eigenvalue weighted by atomic mass is 10.1. The number of anilines is 2. The molecule has 0 heterocycles. The standard InChI is InChI=1S/C31H31N3O4S/c1-22-18-19-26(20-23(22)2)34(39(37,38)27-14-8-5-9-15-27)21-30(35)33-29-17-11-10-16-28(29)31(36)32-24(3)25-12-6-4-7-13-25/h4-20,24H,21H2,1-3H3,(H,32,36)(H,33,35)/t24-/m0/s1. The summed E-state index contributed by atoms with van der Waals surface area (Å²) in [5.74, 6) is -0.936. The predicted molar refractivity (Wildman–Crippen MR) is 154 cm³/mol. The Hall–Kier alpha value is -4.43. The van der Waals surface area contributed by atoms with Crippen molar-refractivity contribution in [3.63, 3.8) is 0 Å². The third kappa shape index (κ3) is 6.53. The van der Waals surface area contributed by atoms with Gasteiger partial charge in [-0.05, 0) is 73.9 Å². The van der Waals surface area contributed by atoms with Crippen LogP contribution in [0.15, 0.2) is 108 Å². The van der Waals surface area contributed by atoms with E-state index in [9.17, 15) is 18.0 Å². The summed E-state index contributed by atoms with van der Waals surface area (Å²) in [7, 11) is -4.05. The quantitative estimate of drug-likeness (QED) is 0.287. The number of amides is 2. The van der Waals surface area contributed by atoms with Crippen LogP contribution in [-0.4, -0.2) is 26.8 Å². The fourth-order valence-electron chi connectivity index (χ4n) is 4.13. The number of benzene rings is 4. The second-order valence-electron chi connectivity index (χ2n) is 9.29. The second-order valence-corrected chi connectivity index (χ2v) is 11.2. The van der Waals surface area contributed by atoms with Crippen molar-refractivity contribution in [2.24, 2.45) is 0 Å². The Bertz CT molecular complexity index is 1570. The lowest BCUT2D eigenvalue weighted by Crippen LogP contribution is -2.38. The molecule has 0 radical (unpaired) electrons. The zero-order valence-corrected chi connectivity index (χ0v) is 22.9. The van der Waals surface area contributed by atoms with E-state index in [4.69, 9.17) is 0 Å². The van der Waals surface area contributed by atoms with Crippen molar-refractivity contribution >= 4 is 33.2 Å². The first-order valence-corrected chi connectivity index (χ1v) is 14.0. The normalized spacial score (nSPS) is 11.9. The number of hydrogen-bond acceptors (Lipinski definition) is 4. The number of aryl methyl sites for hydroxylation is 2. The average Bonchev–Trinajstić information content (AvgIpc) is 2.94. The van der Waals surface area contributed by atoms with Gasteiger partial charge in [0.05, 0.1) is 27.9 Å². The van der Waals surface area contributed by atoms with Crippen LogP contribution in [0.25, 0.3) is 0 Å². The number of nitrogens with one attached hydrogen (secondary N) is 2. The fourth-order valence-corrected chi connectivity index (χ4v) is 5.56.